The molecule has 0 aliphatic carbocycles. The number of hydrogen-bond acceptors (Lipinski definition) is 4. The van der Waals surface area contributed by atoms with Gasteiger partial charge in [0.05, 0.1) is 18.2 Å². The minimum atomic E-state index is 0.267. The van der Waals surface area contributed by atoms with Crippen molar-refractivity contribution in [3.63, 3.8) is 0 Å². The van der Waals surface area contributed by atoms with Gasteiger partial charge in [-0.1, -0.05) is 12.1 Å². The largest absolute Gasteiger partial charge is 0.395 e. The SMILES string of the molecule is CN(Cc1ccc(C#N)cc1)CC1CCN(CCO)CC1. The van der Waals surface area contributed by atoms with Gasteiger partial charge in [0, 0.05) is 19.6 Å². The molecule has 1 aliphatic heterocycles. The molecular formula is C17H25N3O. The zero-order chi connectivity index (χ0) is 15.1. The van der Waals surface area contributed by atoms with E-state index in [1.54, 1.807) is 0 Å². The molecule has 2 rings (SSSR count). The van der Waals surface area contributed by atoms with E-state index in [-0.39, 0.29) is 6.61 Å². The minimum Gasteiger partial charge on any atom is -0.395 e. The molecule has 0 unspecified atom stereocenters. The fourth-order valence-electron chi connectivity index (χ4n) is 3.04. The van der Waals surface area contributed by atoms with Gasteiger partial charge in [0.15, 0.2) is 0 Å². The molecule has 0 aromatic heterocycles. The molecule has 1 fully saturated rings. The number of likely N-dealkylation sites (tertiary alicyclic amines) is 1. The molecule has 1 saturated heterocycles. The summed E-state index contributed by atoms with van der Waals surface area (Å²) in [6.45, 7) is 5.35. The van der Waals surface area contributed by atoms with Gasteiger partial charge >= 0.3 is 0 Å². The van der Waals surface area contributed by atoms with Crippen LogP contribution in [0.15, 0.2) is 24.3 Å². The maximum atomic E-state index is 8.96. The summed E-state index contributed by atoms with van der Waals surface area (Å²) in [7, 11) is 2.16. The van der Waals surface area contributed by atoms with Gasteiger partial charge in [-0.05, 0) is 56.6 Å². The predicted molar refractivity (Wildman–Crippen MR) is 83.7 cm³/mol. The Bertz CT molecular complexity index is 458. The third-order valence-corrected chi connectivity index (χ3v) is 4.23. The van der Waals surface area contributed by atoms with Gasteiger partial charge in [0.25, 0.3) is 0 Å². The van der Waals surface area contributed by atoms with Crippen LogP contribution in [0.5, 0.6) is 0 Å². The van der Waals surface area contributed by atoms with Crippen LogP contribution in [0.3, 0.4) is 0 Å². The van der Waals surface area contributed by atoms with Gasteiger partial charge in [-0.3, -0.25) is 0 Å². The molecule has 0 amide bonds. The van der Waals surface area contributed by atoms with Gasteiger partial charge in [0.2, 0.25) is 0 Å². The normalized spacial score (nSPS) is 17.0. The molecule has 1 heterocycles. The van der Waals surface area contributed by atoms with E-state index < -0.39 is 0 Å². The standard InChI is InChI=1S/C17H25N3O/c1-19(13-16-4-2-15(12-18)3-5-16)14-17-6-8-20(9-7-17)10-11-21/h2-5,17,21H,6-11,13-14H2,1H3. The minimum absolute atomic E-state index is 0.267. The lowest BCUT2D eigenvalue weighted by atomic mass is 9.96. The Morgan fingerprint density at radius 1 is 1.29 bits per heavy atom. The van der Waals surface area contributed by atoms with E-state index in [1.165, 1.54) is 18.4 Å². The van der Waals surface area contributed by atoms with Crippen LogP contribution in [0.25, 0.3) is 0 Å². The second-order valence-corrected chi connectivity index (χ2v) is 6.01. The van der Waals surface area contributed by atoms with Crippen LogP contribution in [0.4, 0.5) is 0 Å². The Morgan fingerprint density at radius 2 is 1.95 bits per heavy atom. The van der Waals surface area contributed by atoms with Crippen molar-refractivity contribution in [2.45, 2.75) is 19.4 Å². The fraction of sp³-hybridized carbons (Fsp3) is 0.588. The summed E-state index contributed by atoms with van der Waals surface area (Å²) in [6.07, 6.45) is 2.44. The molecule has 1 aromatic rings. The average Bonchev–Trinajstić information content (AvgIpc) is 2.50. The van der Waals surface area contributed by atoms with Crippen molar-refractivity contribution in [2.75, 3.05) is 39.8 Å². The average molecular weight is 287 g/mol. The van der Waals surface area contributed by atoms with Crippen molar-refractivity contribution in [1.82, 2.24) is 9.80 Å². The van der Waals surface area contributed by atoms with E-state index in [1.807, 2.05) is 24.3 Å². The molecule has 4 nitrogen and oxygen atoms in total. The first kappa shape index (κ1) is 16.0. The summed E-state index contributed by atoms with van der Waals surface area (Å²) in [5.41, 5.74) is 1.98. The summed E-state index contributed by atoms with van der Waals surface area (Å²) < 4.78 is 0. The van der Waals surface area contributed by atoms with Gasteiger partial charge in [0.1, 0.15) is 0 Å². The molecule has 4 heteroatoms. The highest BCUT2D eigenvalue weighted by molar-refractivity contribution is 5.31. The van der Waals surface area contributed by atoms with Crippen LogP contribution >= 0.6 is 0 Å². The molecule has 1 aromatic carbocycles. The zero-order valence-electron chi connectivity index (χ0n) is 12.8. The lowest BCUT2D eigenvalue weighted by Gasteiger charge is -2.33. The van der Waals surface area contributed by atoms with Crippen LogP contribution in [0, 0.1) is 17.2 Å². The third-order valence-electron chi connectivity index (χ3n) is 4.23. The molecule has 0 spiro atoms. The van der Waals surface area contributed by atoms with Crippen molar-refractivity contribution in [1.29, 1.82) is 5.26 Å². The molecule has 1 N–H and O–H groups in total. The number of piperidine rings is 1. The third kappa shape index (κ3) is 5.13. The Hall–Kier alpha value is -1.41. The van der Waals surface area contributed by atoms with Crippen LogP contribution in [0.1, 0.15) is 24.0 Å². The molecule has 0 radical (unpaired) electrons. The second kappa shape index (κ2) is 8.14. The zero-order valence-corrected chi connectivity index (χ0v) is 12.8. The number of rotatable bonds is 6. The van der Waals surface area contributed by atoms with Gasteiger partial charge in [-0.2, -0.15) is 5.26 Å². The van der Waals surface area contributed by atoms with E-state index in [9.17, 15) is 0 Å². The number of hydrogen-bond donors (Lipinski definition) is 1. The van der Waals surface area contributed by atoms with Gasteiger partial charge in [-0.15, -0.1) is 0 Å². The maximum absolute atomic E-state index is 8.96. The van der Waals surface area contributed by atoms with E-state index in [0.717, 1.165) is 44.2 Å². The summed E-state index contributed by atoms with van der Waals surface area (Å²) in [4.78, 5) is 4.71. The van der Waals surface area contributed by atoms with Crippen molar-refractivity contribution >= 4 is 0 Å². The number of aliphatic hydroxyl groups is 1. The van der Waals surface area contributed by atoms with Crippen LogP contribution < -0.4 is 0 Å². The highest BCUT2D eigenvalue weighted by Gasteiger charge is 2.19. The Labute approximate surface area is 127 Å². The van der Waals surface area contributed by atoms with Crippen LogP contribution in [0.2, 0.25) is 0 Å². The lowest BCUT2D eigenvalue weighted by Crippen LogP contribution is -2.38. The van der Waals surface area contributed by atoms with E-state index in [0.29, 0.717) is 0 Å². The molecule has 0 saturated carbocycles. The first-order valence-corrected chi connectivity index (χ1v) is 7.72. The second-order valence-electron chi connectivity index (χ2n) is 6.01. The van der Waals surface area contributed by atoms with E-state index in [2.05, 4.69) is 22.9 Å². The number of nitriles is 1. The number of benzene rings is 1. The Balaban J connectivity index is 1.74. The lowest BCUT2D eigenvalue weighted by molar-refractivity contribution is 0.129. The molecule has 21 heavy (non-hydrogen) atoms. The monoisotopic (exact) mass is 287 g/mol. The van der Waals surface area contributed by atoms with Crippen molar-refractivity contribution in [3.8, 4) is 6.07 Å². The first-order valence-electron chi connectivity index (χ1n) is 7.72. The predicted octanol–water partition coefficient (Wildman–Crippen LogP) is 1.69. The first-order chi connectivity index (χ1) is 10.2. The van der Waals surface area contributed by atoms with E-state index >= 15 is 0 Å². The number of aliphatic hydroxyl groups excluding tert-OH is 1. The molecule has 0 atom stereocenters. The van der Waals surface area contributed by atoms with Gasteiger partial charge in [-0.25, -0.2) is 0 Å². The molecule has 1 aliphatic rings. The van der Waals surface area contributed by atoms with Crippen molar-refractivity contribution in [2.24, 2.45) is 5.92 Å². The quantitative estimate of drug-likeness (QED) is 0.865. The maximum Gasteiger partial charge on any atom is 0.0991 e. The summed E-state index contributed by atoms with van der Waals surface area (Å²) in [5.74, 6) is 0.753. The number of β-amino-alcohol motifs (C(OH)–C–C–N with tert-alkyl or cyclic N) is 1. The summed E-state index contributed by atoms with van der Waals surface area (Å²) in [5, 5.41) is 17.8. The Morgan fingerprint density at radius 3 is 2.52 bits per heavy atom. The van der Waals surface area contributed by atoms with E-state index in [4.69, 9.17) is 10.4 Å². The smallest absolute Gasteiger partial charge is 0.0991 e. The highest BCUT2D eigenvalue weighted by Crippen LogP contribution is 2.18. The molecule has 114 valence electrons. The molecule has 0 bridgehead atoms. The van der Waals surface area contributed by atoms with Crippen molar-refractivity contribution in [3.05, 3.63) is 35.4 Å². The van der Waals surface area contributed by atoms with Crippen molar-refractivity contribution < 1.29 is 5.11 Å². The topological polar surface area (TPSA) is 50.5 Å². The summed E-state index contributed by atoms with van der Waals surface area (Å²) >= 11 is 0. The van der Waals surface area contributed by atoms with Crippen LogP contribution in [-0.2, 0) is 6.54 Å². The summed E-state index contributed by atoms with van der Waals surface area (Å²) in [6, 6.07) is 10.0. The van der Waals surface area contributed by atoms with Gasteiger partial charge < -0.3 is 14.9 Å². The van der Waals surface area contributed by atoms with Crippen LogP contribution in [-0.4, -0.2) is 54.7 Å². The number of nitrogens with zero attached hydrogens (tertiary/aromatic N) is 3. The fourth-order valence-corrected chi connectivity index (χ4v) is 3.04. The highest BCUT2D eigenvalue weighted by atomic mass is 16.3. The Kier molecular flexibility index (Phi) is 6.19. The molecular weight excluding hydrogens is 262 g/mol.